The lowest BCUT2D eigenvalue weighted by molar-refractivity contribution is -0.138. The summed E-state index contributed by atoms with van der Waals surface area (Å²) in [6.07, 6.45) is 6.66. The number of nitrogen functional groups attached to an aromatic ring is 1. The molecule has 0 radical (unpaired) electrons. The van der Waals surface area contributed by atoms with Gasteiger partial charge in [0.1, 0.15) is 30.1 Å². The maximum absolute atomic E-state index is 13.2. The fraction of sp³-hybridized carbons (Fsp3) is 0.500. The van der Waals surface area contributed by atoms with Gasteiger partial charge in [-0.15, -0.1) is 0 Å². The van der Waals surface area contributed by atoms with Crippen molar-refractivity contribution in [3.05, 3.63) is 47.9 Å². The van der Waals surface area contributed by atoms with E-state index in [9.17, 15) is 9.90 Å². The van der Waals surface area contributed by atoms with E-state index in [4.69, 9.17) is 10.6 Å². The van der Waals surface area contributed by atoms with E-state index in [1.807, 2.05) is 17.0 Å². The van der Waals surface area contributed by atoms with Crippen molar-refractivity contribution < 1.29 is 14.7 Å². The van der Waals surface area contributed by atoms with Gasteiger partial charge in [-0.2, -0.15) is 0 Å². The molecule has 176 valence electrons. The number of oxime groups is 1. The largest absolute Gasteiger partial charge is 0.506 e. The molecule has 9 nitrogen and oxygen atoms in total. The first-order valence-corrected chi connectivity index (χ1v) is 11.5. The van der Waals surface area contributed by atoms with Crippen LogP contribution in [-0.2, 0) is 16.2 Å². The first-order valence-electron chi connectivity index (χ1n) is 11.5. The monoisotopic (exact) mass is 452 g/mol. The molecule has 0 spiro atoms. The van der Waals surface area contributed by atoms with Crippen LogP contribution < -0.4 is 5.73 Å². The van der Waals surface area contributed by atoms with Gasteiger partial charge in [0.15, 0.2) is 0 Å². The molecule has 1 amide bonds. The third kappa shape index (κ3) is 5.60. The van der Waals surface area contributed by atoms with Crippen molar-refractivity contribution in [3.63, 3.8) is 0 Å². The number of nitrogens with two attached hydrogens (primary N) is 1. The SMILES string of the molecule is CO/N=C(\c1ncccc1O)C1CCN(C(=O)C2CCN(Cc3ccnc(N)c3)CC2)CC1. The molecule has 2 aromatic rings. The molecular weight excluding hydrogens is 420 g/mol. The van der Waals surface area contributed by atoms with E-state index in [1.54, 1.807) is 24.5 Å². The molecule has 2 aliphatic rings. The molecule has 9 heteroatoms. The molecule has 0 saturated carbocycles. The molecule has 4 heterocycles. The van der Waals surface area contributed by atoms with Crippen LogP contribution in [0.4, 0.5) is 5.82 Å². The zero-order valence-electron chi connectivity index (χ0n) is 19.1. The summed E-state index contributed by atoms with van der Waals surface area (Å²) in [7, 11) is 1.49. The summed E-state index contributed by atoms with van der Waals surface area (Å²) >= 11 is 0. The highest BCUT2D eigenvalue weighted by Gasteiger charge is 2.33. The van der Waals surface area contributed by atoms with Crippen LogP contribution in [0.15, 0.2) is 41.8 Å². The maximum atomic E-state index is 13.2. The number of likely N-dealkylation sites (tertiary alicyclic amines) is 2. The van der Waals surface area contributed by atoms with E-state index in [0.717, 1.165) is 50.9 Å². The lowest BCUT2D eigenvalue weighted by Crippen LogP contribution is -2.46. The number of hydrogen-bond donors (Lipinski definition) is 2. The van der Waals surface area contributed by atoms with Gasteiger partial charge >= 0.3 is 0 Å². The third-order valence-electron chi connectivity index (χ3n) is 6.60. The Morgan fingerprint density at radius 2 is 1.85 bits per heavy atom. The molecule has 0 aromatic carbocycles. The molecule has 33 heavy (non-hydrogen) atoms. The fourth-order valence-electron chi connectivity index (χ4n) is 4.82. The lowest BCUT2D eigenvalue weighted by Gasteiger charge is -2.37. The number of rotatable bonds is 6. The molecule has 2 aromatic heterocycles. The van der Waals surface area contributed by atoms with Gasteiger partial charge in [0.2, 0.25) is 5.91 Å². The maximum Gasteiger partial charge on any atom is 0.225 e. The average Bonchev–Trinajstić information content (AvgIpc) is 2.83. The first-order chi connectivity index (χ1) is 16.0. The molecule has 0 atom stereocenters. The van der Waals surface area contributed by atoms with Crippen molar-refractivity contribution in [1.82, 2.24) is 19.8 Å². The topological polar surface area (TPSA) is 117 Å². The van der Waals surface area contributed by atoms with Crippen molar-refractivity contribution in [1.29, 1.82) is 0 Å². The van der Waals surface area contributed by atoms with Crippen LogP contribution in [0.3, 0.4) is 0 Å². The molecule has 2 saturated heterocycles. The van der Waals surface area contributed by atoms with E-state index < -0.39 is 0 Å². The predicted molar refractivity (Wildman–Crippen MR) is 125 cm³/mol. The minimum atomic E-state index is 0.0762. The Morgan fingerprint density at radius 3 is 2.52 bits per heavy atom. The number of piperidine rings is 2. The summed E-state index contributed by atoms with van der Waals surface area (Å²) in [6.45, 7) is 3.99. The van der Waals surface area contributed by atoms with Gasteiger partial charge in [-0.1, -0.05) is 5.16 Å². The number of anilines is 1. The second kappa shape index (κ2) is 10.6. The van der Waals surface area contributed by atoms with Crippen LogP contribution in [0.1, 0.15) is 36.9 Å². The molecule has 0 bridgehead atoms. The summed E-state index contributed by atoms with van der Waals surface area (Å²) in [4.78, 5) is 30.9. The summed E-state index contributed by atoms with van der Waals surface area (Å²) in [5.74, 6) is 1.05. The Balaban J connectivity index is 1.29. The first kappa shape index (κ1) is 23.0. The molecule has 0 aliphatic carbocycles. The second-order valence-electron chi connectivity index (χ2n) is 8.77. The lowest BCUT2D eigenvalue weighted by atomic mass is 9.88. The summed E-state index contributed by atoms with van der Waals surface area (Å²) in [6, 6.07) is 7.18. The molecular formula is C24H32N6O3. The number of nitrogens with zero attached hydrogens (tertiary/aromatic N) is 5. The zero-order valence-corrected chi connectivity index (χ0v) is 19.1. The van der Waals surface area contributed by atoms with Crippen LogP contribution in [0.5, 0.6) is 5.75 Å². The summed E-state index contributed by atoms with van der Waals surface area (Å²) in [5.41, 5.74) is 8.04. The standard InChI is InChI=1S/C24H32N6O3/c1-33-28-22(23-20(31)3-2-9-27-23)18-7-13-30(14-8-18)24(32)19-5-11-29(12-6-19)16-17-4-10-26-21(25)15-17/h2-4,9-10,15,18-19,31H,5-8,11-14,16H2,1H3,(H2,25,26)/b28-22-. The molecule has 4 rings (SSSR count). The molecule has 3 N–H and O–H groups in total. The Hall–Kier alpha value is -3.20. The van der Waals surface area contributed by atoms with Crippen molar-refractivity contribution in [2.75, 3.05) is 39.0 Å². The zero-order chi connectivity index (χ0) is 23.2. The average molecular weight is 453 g/mol. The van der Waals surface area contributed by atoms with Gasteiger partial charge in [-0.05, 0) is 68.6 Å². The van der Waals surface area contributed by atoms with Crippen LogP contribution in [-0.4, -0.2) is 69.8 Å². The highest BCUT2D eigenvalue weighted by molar-refractivity contribution is 6.02. The minimum Gasteiger partial charge on any atom is -0.506 e. The number of pyridine rings is 2. The van der Waals surface area contributed by atoms with E-state index in [-0.39, 0.29) is 23.5 Å². The highest BCUT2D eigenvalue weighted by Crippen LogP contribution is 2.28. The number of carbonyl (C=O) groups is 1. The van der Waals surface area contributed by atoms with Crippen LogP contribution in [0.25, 0.3) is 0 Å². The highest BCUT2D eigenvalue weighted by atomic mass is 16.6. The van der Waals surface area contributed by atoms with E-state index in [1.165, 1.54) is 7.11 Å². The van der Waals surface area contributed by atoms with Gasteiger partial charge in [-0.25, -0.2) is 4.98 Å². The van der Waals surface area contributed by atoms with Crippen molar-refractivity contribution in [3.8, 4) is 5.75 Å². The van der Waals surface area contributed by atoms with Crippen LogP contribution in [0, 0.1) is 11.8 Å². The van der Waals surface area contributed by atoms with Crippen molar-refractivity contribution >= 4 is 17.4 Å². The fourth-order valence-corrected chi connectivity index (χ4v) is 4.82. The van der Waals surface area contributed by atoms with Gasteiger partial charge in [-0.3, -0.25) is 14.7 Å². The van der Waals surface area contributed by atoms with E-state index in [2.05, 4.69) is 20.0 Å². The second-order valence-corrected chi connectivity index (χ2v) is 8.77. The summed E-state index contributed by atoms with van der Waals surface area (Å²) < 4.78 is 0. The molecule has 0 unspecified atom stereocenters. The minimum absolute atomic E-state index is 0.0762. The Bertz CT molecular complexity index is 982. The third-order valence-corrected chi connectivity index (χ3v) is 6.60. The Labute approximate surface area is 194 Å². The number of hydrogen-bond acceptors (Lipinski definition) is 8. The molecule has 2 fully saturated rings. The van der Waals surface area contributed by atoms with E-state index in [0.29, 0.717) is 30.3 Å². The van der Waals surface area contributed by atoms with E-state index >= 15 is 0 Å². The van der Waals surface area contributed by atoms with Gasteiger partial charge < -0.3 is 20.6 Å². The number of carbonyl (C=O) groups excluding carboxylic acids is 1. The number of aromatic nitrogens is 2. The summed E-state index contributed by atoms with van der Waals surface area (Å²) in [5, 5.41) is 14.4. The number of aromatic hydroxyl groups is 1. The smallest absolute Gasteiger partial charge is 0.225 e. The Morgan fingerprint density at radius 1 is 1.12 bits per heavy atom. The van der Waals surface area contributed by atoms with Gasteiger partial charge in [0.25, 0.3) is 0 Å². The van der Waals surface area contributed by atoms with Gasteiger partial charge in [0.05, 0.1) is 0 Å². The quantitative estimate of drug-likeness (QED) is 0.510. The Kier molecular flexibility index (Phi) is 7.39. The molecule has 2 aliphatic heterocycles. The van der Waals surface area contributed by atoms with Crippen molar-refractivity contribution in [2.24, 2.45) is 17.0 Å². The van der Waals surface area contributed by atoms with Crippen LogP contribution >= 0.6 is 0 Å². The predicted octanol–water partition coefficient (Wildman–Crippen LogP) is 2.27. The normalized spacial score (nSPS) is 18.9. The van der Waals surface area contributed by atoms with Crippen molar-refractivity contribution in [2.45, 2.75) is 32.2 Å². The number of amides is 1. The van der Waals surface area contributed by atoms with Crippen LogP contribution in [0.2, 0.25) is 0 Å². The van der Waals surface area contributed by atoms with Gasteiger partial charge in [0, 0.05) is 43.9 Å².